The van der Waals surface area contributed by atoms with E-state index in [4.69, 9.17) is 0 Å². The summed E-state index contributed by atoms with van der Waals surface area (Å²) in [6.45, 7) is 0. The fraction of sp³-hybridized carbons (Fsp3) is 0.444. The van der Waals surface area contributed by atoms with Crippen LogP contribution in [0.1, 0.15) is 32.1 Å². The third-order valence-corrected chi connectivity index (χ3v) is 5.36. The lowest BCUT2D eigenvalue weighted by atomic mass is 9.95. The van der Waals surface area contributed by atoms with Gasteiger partial charge in [0.25, 0.3) is 0 Å². The van der Waals surface area contributed by atoms with Crippen molar-refractivity contribution in [3.8, 4) is 11.3 Å². The topological polar surface area (TPSA) is 46.9 Å². The summed E-state index contributed by atoms with van der Waals surface area (Å²) in [5.74, 6) is 0.543. The number of rotatable bonds is 5. The first-order valence-electron chi connectivity index (χ1n) is 8.23. The second kappa shape index (κ2) is 7.68. The molecule has 0 saturated heterocycles. The fourth-order valence-corrected chi connectivity index (χ4v) is 3.81. The molecule has 0 spiro atoms. The molecule has 1 N–H and O–H groups in total. The van der Waals surface area contributed by atoms with Crippen LogP contribution in [0.5, 0.6) is 0 Å². The molecular weight excluding hydrogens is 306 g/mol. The van der Waals surface area contributed by atoms with Gasteiger partial charge in [-0.15, -0.1) is 0 Å². The number of hydrogen-bond acceptors (Lipinski definition) is 3. The third-order valence-electron chi connectivity index (χ3n) is 4.32. The van der Waals surface area contributed by atoms with Crippen LogP contribution < -0.4 is 5.32 Å². The number of carbonyl (C=O) groups excluding carboxylic acids is 1. The minimum absolute atomic E-state index is 0.117. The van der Waals surface area contributed by atoms with E-state index >= 15 is 0 Å². The lowest BCUT2D eigenvalue weighted by Gasteiger charge is -2.22. The summed E-state index contributed by atoms with van der Waals surface area (Å²) in [7, 11) is 2.00. The molecule has 1 aromatic carbocycles. The van der Waals surface area contributed by atoms with Gasteiger partial charge in [0.2, 0.25) is 5.91 Å². The molecule has 0 bridgehead atoms. The number of imidazole rings is 1. The molecule has 3 rings (SSSR count). The zero-order chi connectivity index (χ0) is 16.1. The van der Waals surface area contributed by atoms with Crippen molar-refractivity contribution in [2.75, 3.05) is 5.75 Å². The molecule has 1 amide bonds. The molecule has 1 heterocycles. The highest BCUT2D eigenvalue weighted by atomic mass is 32.2. The summed E-state index contributed by atoms with van der Waals surface area (Å²) in [4.78, 5) is 16.6. The maximum Gasteiger partial charge on any atom is 0.230 e. The molecular formula is C18H23N3OS. The molecule has 1 fully saturated rings. The first-order valence-corrected chi connectivity index (χ1v) is 9.22. The van der Waals surface area contributed by atoms with Crippen LogP contribution in [-0.4, -0.2) is 27.3 Å². The first-order chi connectivity index (χ1) is 11.2. The lowest BCUT2D eigenvalue weighted by molar-refractivity contribution is -0.119. The highest BCUT2D eigenvalue weighted by Gasteiger charge is 2.16. The summed E-state index contributed by atoms with van der Waals surface area (Å²) >= 11 is 1.50. The van der Waals surface area contributed by atoms with E-state index in [1.165, 1.54) is 31.0 Å². The molecule has 0 unspecified atom stereocenters. The van der Waals surface area contributed by atoms with E-state index in [0.717, 1.165) is 29.3 Å². The summed E-state index contributed by atoms with van der Waals surface area (Å²) in [5, 5.41) is 4.03. The second-order valence-corrected chi connectivity index (χ2v) is 6.98. The van der Waals surface area contributed by atoms with Crippen molar-refractivity contribution in [3.05, 3.63) is 36.5 Å². The number of nitrogens with zero attached hydrogens (tertiary/aromatic N) is 2. The van der Waals surface area contributed by atoms with Gasteiger partial charge in [-0.1, -0.05) is 61.4 Å². The molecule has 4 nitrogen and oxygen atoms in total. The average Bonchev–Trinajstić information content (AvgIpc) is 2.95. The van der Waals surface area contributed by atoms with E-state index in [0.29, 0.717) is 11.8 Å². The zero-order valence-electron chi connectivity index (χ0n) is 13.5. The van der Waals surface area contributed by atoms with Crippen molar-refractivity contribution in [2.45, 2.75) is 43.3 Å². The van der Waals surface area contributed by atoms with Gasteiger partial charge in [-0.2, -0.15) is 0 Å². The van der Waals surface area contributed by atoms with Gasteiger partial charge in [0.1, 0.15) is 0 Å². The van der Waals surface area contributed by atoms with Crippen LogP contribution in [0.15, 0.2) is 41.7 Å². The summed E-state index contributed by atoms with van der Waals surface area (Å²) in [5.41, 5.74) is 2.21. The van der Waals surface area contributed by atoms with Gasteiger partial charge in [0.05, 0.1) is 17.6 Å². The normalized spacial score (nSPS) is 15.5. The summed E-state index contributed by atoms with van der Waals surface area (Å²) in [6, 6.07) is 10.6. The van der Waals surface area contributed by atoms with E-state index in [2.05, 4.69) is 22.4 Å². The molecule has 23 heavy (non-hydrogen) atoms. The van der Waals surface area contributed by atoms with E-state index in [9.17, 15) is 4.79 Å². The van der Waals surface area contributed by atoms with Crippen LogP contribution >= 0.6 is 11.8 Å². The molecule has 1 saturated carbocycles. The molecule has 0 radical (unpaired) electrons. The Morgan fingerprint density at radius 2 is 2.00 bits per heavy atom. The number of nitrogens with one attached hydrogen (secondary N) is 1. The molecule has 1 aliphatic rings. The maximum atomic E-state index is 12.1. The predicted octanol–water partition coefficient (Wildman–Crippen LogP) is 3.63. The van der Waals surface area contributed by atoms with Gasteiger partial charge in [0, 0.05) is 13.1 Å². The number of amides is 1. The van der Waals surface area contributed by atoms with Gasteiger partial charge in [-0.25, -0.2) is 4.98 Å². The monoisotopic (exact) mass is 329 g/mol. The Hall–Kier alpha value is -1.75. The van der Waals surface area contributed by atoms with E-state index in [-0.39, 0.29) is 5.91 Å². The van der Waals surface area contributed by atoms with Crippen molar-refractivity contribution in [1.29, 1.82) is 0 Å². The number of benzene rings is 1. The molecule has 0 aliphatic heterocycles. The van der Waals surface area contributed by atoms with E-state index in [1.54, 1.807) is 0 Å². The zero-order valence-corrected chi connectivity index (χ0v) is 14.3. The average molecular weight is 329 g/mol. The Labute approximate surface area is 141 Å². The van der Waals surface area contributed by atoms with Crippen LogP contribution in [0.25, 0.3) is 11.3 Å². The molecule has 1 aromatic heterocycles. The second-order valence-electron chi connectivity index (χ2n) is 6.04. The van der Waals surface area contributed by atoms with Crippen molar-refractivity contribution in [3.63, 3.8) is 0 Å². The fourth-order valence-electron chi connectivity index (χ4n) is 3.05. The van der Waals surface area contributed by atoms with Gasteiger partial charge >= 0.3 is 0 Å². The molecule has 0 atom stereocenters. The van der Waals surface area contributed by atoms with Gasteiger partial charge in [-0.05, 0) is 18.4 Å². The van der Waals surface area contributed by atoms with Gasteiger partial charge in [-0.3, -0.25) is 4.79 Å². The predicted molar refractivity (Wildman–Crippen MR) is 94.4 cm³/mol. The van der Waals surface area contributed by atoms with Crippen molar-refractivity contribution in [1.82, 2.24) is 14.9 Å². The van der Waals surface area contributed by atoms with Crippen LogP contribution in [0.2, 0.25) is 0 Å². The summed E-state index contributed by atoms with van der Waals surface area (Å²) < 4.78 is 2.05. The van der Waals surface area contributed by atoms with Crippen molar-refractivity contribution < 1.29 is 4.79 Å². The van der Waals surface area contributed by atoms with Crippen LogP contribution in [0.4, 0.5) is 0 Å². The Morgan fingerprint density at radius 3 is 2.74 bits per heavy atom. The van der Waals surface area contributed by atoms with E-state index < -0.39 is 0 Å². The highest BCUT2D eigenvalue weighted by molar-refractivity contribution is 7.99. The third kappa shape index (κ3) is 4.16. The largest absolute Gasteiger partial charge is 0.353 e. The standard InChI is InChI=1S/C18H23N3OS/c1-21-16(14-8-4-2-5-9-14)12-19-18(21)23-13-17(22)20-15-10-6-3-7-11-15/h2,4-5,8-9,12,15H,3,6-7,10-11,13H2,1H3,(H,20,22). The quantitative estimate of drug-likeness (QED) is 0.852. The SMILES string of the molecule is Cn1c(-c2ccccc2)cnc1SCC(=O)NC1CCCCC1. The van der Waals surface area contributed by atoms with Crippen molar-refractivity contribution >= 4 is 17.7 Å². The highest BCUT2D eigenvalue weighted by Crippen LogP contribution is 2.24. The van der Waals surface area contributed by atoms with Gasteiger partial charge < -0.3 is 9.88 Å². The number of aromatic nitrogens is 2. The number of hydrogen-bond donors (Lipinski definition) is 1. The van der Waals surface area contributed by atoms with Crippen LogP contribution in [0, 0.1) is 0 Å². The Balaban J connectivity index is 1.56. The molecule has 5 heteroatoms. The van der Waals surface area contributed by atoms with Gasteiger partial charge in [0.15, 0.2) is 5.16 Å². The minimum atomic E-state index is 0.117. The number of carbonyl (C=O) groups is 1. The van der Waals surface area contributed by atoms with Crippen LogP contribution in [0.3, 0.4) is 0 Å². The molecule has 1 aliphatic carbocycles. The van der Waals surface area contributed by atoms with Crippen LogP contribution in [-0.2, 0) is 11.8 Å². The first kappa shape index (κ1) is 16.1. The molecule has 122 valence electrons. The Morgan fingerprint density at radius 1 is 1.26 bits per heavy atom. The maximum absolute atomic E-state index is 12.1. The Bertz CT molecular complexity index is 648. The minimum Gasteiger partial charge on any atom is -0.353 e. The molecule has 2 aromatic rings. The Kier molecular flexibility index (Phi) is 5.39. The smallest absolute Gasteiger partial charge is 0.230 e. The summed E-state index contributed by atoms with van der Waals surface area (Å²) in [6.07, 6.45) is 7.89. The number of thioether (sulfide) groups is 1. The van der Waals surface area contributed by atoms with E-state index in [1.807, 2.05) is 36.0 Å². The lowest BCUT2D eigenvalue weighted by Crippen LogP contribution is -2.37. The van der Waals surface area contributed by atoms with Crippen molar-refractivity contribution in [2.24, 2.45) is 7.05 Å².